The standard InChI is InChI=1S/C13H18BrNO2/c1-10(3-2-8-15)13(16)17-9-11-4-6-12(14)7-5-11/h4-7,10H,2-3,8-9,15H2,1H3. The molecule has 17 heavy (non-hydrogen) atoms. The molecule has 1 aromatic carbocycles. The minimum atomic E-state index is -0.152. The van der Waals surface area contributed by atoms with E-state index in [0.29, 0.717) is 13.2 Å². The molecule has 3 nitrogen and oxygen atoms in total. The number of ether oxygens (including phenoxy) is 1. The van der Waals surface area contributed by atoms with Gasteiger partial charge in [0.2, 0.25) is 0 Å². The molecule has 1 rings (SSSR count). The molecule has 0 bridgehead atoms. The molecule has 1 unspecified atom stereocenters. The topological polar surface area (TPSA) is 52.3 Å². The largest absolute Gasteiger partial charge is 0.461 e. The van der Waals surface area contributed by atoms with E-state index in [4.69, 9.17) is 10.5 Å². The number of rotatable bonds is 6. The number of esters is 1. The molecular formula is C13H18BrNO2. The number of halogens is 1. The lowest BCUT2D eigenvalue weighted by atomic mass is 10.1. The van der Waals surface area contributed by atoms with Crippen LogP contribution in [0.2, 0.25) is 0 Å². The summed E-state index contributed by atoms with van der Waals surface area (Å²) in [4.78, 5) is 11.6. The molecule has 1 aromatic rings. The Morgan fingerprint density at radius 3 is 2.65 bits per heavy atom. The number of hydrogen-bond donors (Lipinski definition) is 1. The zero-order valence-electron chi connectivity index (χ0n) is 9.99. The predicted octanol–water partition coefficient (Wildman–Crippen LogP) is 2.87. The molecule has 0 aromatic heterocycles. The molecule has 0 amide bonds. The van der Waals surface area contributed by atoms with Crippen molar-refractivity contribution in [3.63, 3.8) is 0 Å². The summed E-state index contributed by atoms with van der Waals surface area (Å²) in [6.45, 7) is 2.82. The van der Waals surface area contributed by atoms with Gasteiger partial charge in [-0.1, -0.05) is 35.0 Å². The highest BCUT2D eigenvalue weighted by Crippen LogP contribution is 2.13. The second-order valence-corrected chi connectivity index (χ2v) is 4.98. The zero-order chi connectivity index (χ0) is 12.7. The van der Waals surface area contributed by atoms with Crippen molar-refractivity contribution in [1.29, 1.82) is 0 Å². The summed E-state index contributed by atoms with van der Waals surface area (Å²) in [5, 5.41) is 0. The van der Waals surface area contributed by atoms with Crippen molar-refractivity contribution < 1.29 is 9.53 Å². The van der Waals surface area contributed by atoms with E-state index in [1.807, 2.05) is 31.2 Å². The van der Waals surface area contributed by atoms with E-state index in [-0.39, 0.29) is 11.9 Å². The fourth-order valence-electron chi connectivity index (χ4n) is 1.42. The number of hydrogen-bond acceptors (Lipinski definition) is 3. The smallest absolute Gasteiger partial charge is 0.308 e. The maximum atomic E-state index is 11.6. The average Bonchev–Trinajstić information content (AvgIpc) is 2.34. The summed E-state index contributed by atoms with van der Waals surface area (Å²) in [7, 11) is 0. The molecule has 94 valence electrons. The molecule has 0 heterocycles. The van der Waals surface area contributed by atoms with Crippen molar-refractivity contribution >= 4 is 21.9 Å². The molecule has 2 N–H and O–H groups in total. The van der Waals surface area contributed by atoms with Crippen LogP contribution in [0, 0.1) is 5.92 Å². The fourth-order valence-corrected chi connectivity index (χ4v) is 1.68. The van der Waals surface area contributed by atoms with E-state index >= 15 is 0 Å². The Balaban J connectivity index is 2.34. The fraction of sp³-hybridized carbons (Fsp3) is 0.462. The van der Waals surface area contributed by atoms with Crippen molar-refractivity contribution in [3.8, 4) is 0 Å². The van der Waals surface area contributed by atoms with Crippen molar-refractivity contribution in [2.75, 3.05) is 6.54 Å². The normalized spacial score (nSPS) is 12.2. The quantitative estimate of drug-likeness (QED) is 0.822. The second kappa shape index (κ2) is 7.45. The summed E-state index contributed by atoms with van der Waals surface area (Å²) in [5.41, 5.74) is 6.39. The molecule has 1 atom stereocenters. The molecule has 0 saturated carbocycles. The van der Waals surface area contributed by atoms with E-state index < -0.39 is 0 Å². The SMILES string of the molecule is CC(CCCN)C(=O)OCc1ccc(Br)cc1. The van der Waals surface area contributed by atoms with Gasteiger partial charge in [0.25, 0.3) is 0 Å². The molecule has 0 fully saturated rings. The number of carbonyl (C=O) groups is 1. The van der Waals surface area contributed by atoms with Gasteiger partial charge in [-0.3, -0.25) is 4.79 Å². The van der Waals surface area contributed by atoms with Crippen LogP contribution in [0.25, 0.3) is 0 Å². The third-order valence-electron chi connectivity index (χ3n) is 2.54. The zero-order valence-corrected chi connectivity index (χ0v) is 11.6. The summed E-state index contributed by atoms with van der Waals surface area (Å²) in [6.07, 6.45) is 1.64. The Morgan fingerprint density at radius 1 is 1.41 bits per heavy atom. The van der Waals surface area contributed by atoms with Crippen LogP contribution in [-0.4, -0.2) is 12.5 Å². The maximum Gasteiger partial charge on any atom is 0.308 e. The lowest BCUT2D eigenvalue weighted by Crippen LogP contribution is -2.16. The van der Waals surface area contributed by atoms with Crippen molar-refractivity contribution in [1.82, 2.24) is 0 Å². The van der Waals surface area contributed by atoms with Gasteiger partial charge in [0, 0.05) is 4.47 Å². The van der Waals surface area contributed by atoms with Gasteiger partial charge in [-0.05, 0) is 37.1 Å². The van der Waals surface area contributed by atoms with Crippen LogP contribution in [0.4, 0.5) is 0 Å². The molecule has 0 spiro atoms. The van der Waals surface area contributed by atoms with Gasteiger partial charge in [-0.2, -0.15) is 0 Å². The highest BCUT2D eigenvalue weighted by molar-refractivity contribution is 9.10. The van der Waals surface area contributed by atoms with Gasteiger partial charge < -0.3 is 10.5 Å². The van der Waals surface area contributed by atoms with Crippen molar-refractivity contribution in [3.05, 3.63) is 34.3 Å². The van der Waals surface area contributed by atoms with Gasteiger partial charge in [-0.25, -0.2) is 0 Å². The summed E-state index contributed by atoms with van der Waals surface area (Å²) >= 11 is 3.36. The highest BCUT2D eigenvalue weighted by Gasteiger charge is 2.13. The van der Waals surface area contributed by atoms with Gasteiger partial charge in [0.15, 0.2) is 0 Å². The molecule has 0 radical (unpaired) electrons. The minimum absolute atomic E-state index is 0.0750. The van der Waals surface area contributed by atoms with Crippen molar-refractivity contribution in [2.45, 2.75) is 26.4 Å². The summed E-state index contributed by atoms with van der Waals surface area (Å²) in [6, 6.07) is 7.73. The number of carbonyl (C=O) groups excluding carboxylic acids is 1. The molecule has 0 aliphatic heterocycles. The van der Waals surface area contributed by atoms with Crippen molar-refractivity contribution in [2.24, 2.45) is 11.7 Å². The number of nitrogens with two attached hydrogens (primary N) is 1. The first-order chi connectivity index (χ1) is 8.13. The highest BCUT2D eigenvalue weighted by atomic mass is 79.9. The van der Waals surface area contributed by atoms with E-state index in [2.05, 4.69) is 15.9 Å². The molecular weight excluding hydrogens is 282 g/mol. The molecule has 0 aliphatic rings. The third-order valence-corrected chi connectivity index (χ3v) is 3.07. The number of benzene rings is 1. The lowest BCUT2D eigenvalue weighted by Gasteiger charge is -2.10. The Hall–Kier alpha value is -0.870. The average molecular weight is 300 g/mol. The first-order valence-corrected chi connectivity index (χ1v) is 6.54. The third kappa shape index (κ3) is 5.33. The summed E-state index contributed by atoms with van der Waals surface area (Å²) < 4.78 is 6.25. The Morgan fingerprint density at radius 2 is 2.06 bits per heavy atom. The van der Waals surface area contributed by atoms with Gasteiger partial charge in [-0.15, -0.1) is 0 Å². The van der Waals surface area contributed by atoms with Crippen LogP contribution in [-0.2, 0) is 16.1 Å². The predicted molar refractivity (Wildman–Crippen MR) is 71.4 cm³/mol. The van der Waals surface area contributed by atoms with E-state index in [9.17, 15) is 4.79 Å². The van der Waals surface area contributed by atoms with E-state index in [1.54, 1.807) is 0 Å². The monoisotopic (exact) mass is 299 g/mol. The minimum Gasteiger partial charge on any atom is -0.461 e. The van der Waals surface area contributed by atoms with E-state index in [1.165, 1.54) is 0 Å². The van der Waals surface area contributed by atoms with Crippen LogP contribution in [0.3, 0.4) is 0 Å². The molecule has 0 saturated heterocycles. The van der Waals surface area contributed by atoms with Crippen LogP contribution in [0.5, 0.6) is 0 Å². The first kappa shape index (κ1) is 14.2. The maximum absolute atomic E-state index is 11.6. The second-order valence-electron chi connectivity index (χ2n) is 4.07. The van der Waals surface area contributed by atoms with Crippen LogP contribution < -0.4 is 5.73 Å². The van der Waals surface area contributed by atoms with Crippen LogP contribution in [0.1, 0.15) is 25.3 Å². The molecule has 0 aliphatic carbocycles. The molecule has 4 heteroatoms. The van der Waals surface area contributed by atoms with Crippen LogP contribution >= 0.6 is 15.9 Å². The van der Waals surface area contributed by atoms with Gasteiger partial charge >= 0.3 is 5.97 Å². The Bertz CT molecular complexity index is 351. The first-order valence-electron chi connectivity index (χ1n) is 5.74. The van der Waals surface area contributed by atoms with E-state index in [0.717, 1.165) is 22.9 Å². The lowest BCUT2D eigenvalue weighted by molar-refractivity contribution is -0.149. The van der Waals surface area contributed by atoms with Crippen LogP contribution in [0.15, 0.2) is 28.7 Å². The Kier molecular flexibility index (Phi) is 6.22. The Labute approximate surface area is 110 Å². The van der Waals surface area contributed by atoms with Gasteiger partial charge in [0.1, 0.15) is 6.61 Å². The van der Waals surface area contributed by atoms with Gasteiger partial charge in [0.05, 0.1) is 5.92 Å². The summed E-state index contributed by atoms with van der Waals surface area (Å²) in [5.74, 6) is -0.227.